The van der Waals surface area contributed by atoms with Crippen molar-refractivity contribution in [3.63, 3.8) is 0 Å². The van der Waals surface area contributed by atoms with Gasteiger partial charge in [-0.25, -0.2) is 4.79 Å². The van der Waals surface area contributed by atoms with Crippen LogP contribution in [0.4, 0.5) is 4.79 Å². The number of nitrogens with one attached hydrogen (secondary N) is 4. The molecule has 0 unspecified atom stereocenters. The molecule has 1 saturated carbocycles. The Morgan fingerprint density at radius 3 is 2.25 bits per heavy atom. The minimum atomic E-state index is -1.22. The van der Waals surface area contributed by atoms with Gasteiger partial charge in [0.15, 0.2) is 0 Å². The van der Waals surface area contributed by atoms with Gasteiger partial charge in [-0.05, 0) is 42.7 Å². The SMILES string of the molecule is CC(C)COC(=O)N[C@@H](CCC(=O)O)C(=O)N[C@@H](CC1CC1)C(=O)N[C@@H](CS)C(=O)NCCc1ccccc1Cl. The van der Waals surface area contributed by atoms with Gasteiger partial charge in [0.05, 0.1) is 6.61 Å². The van der Waals surface area contributed by atoms with Crippen LogP contribution in [0.2, 0.25) is 5.02 Å². The number of amides is 4. The highest BCUT2D eigenvalue weighted by molar-refractivity contribution is 7.80. The lowest BCUT2D eigenvalue weighted by Crippen LogP contribution is -2.57. The number of halogens is 1. The van der Waals surface area contributed by atoms with E-state index in [1.54, 1.807) is 6.07 Å². The lowest BCUT2D eigenvalue weighted by Gasteiger charge is -2.25. The second-order valence-corrected chi connectivity index (χ2v) is 11.0. The summed E-state index contributed by atoms with van der Waals surface area (Å²) >= 11 is 10.4. The molecule has 1 fully saturated rings. The molecule has 40 heavy (non-hydrogen) atoms. The van der Waals surface area contributed by atoms with Gasteiger partial charge in [0.1, 0.15) is 18.1 Å². The first kappa shape index (κ1) is 33.2. The number of carbonyl (C=O) groups excluding carboxylic acids is 4. The van der Waals surface area contributed by atoms with Crippen LogP contribution in [0.5, 0.6) is 0 Å². The standard InChI is InChI=1S/C27H39ClN4O7S/c1-16(2)14-39-27(38)32-20(9-10-23(33)34)25(36)30-21(13-17-7-8-17)26(37)31-22(15-40)24(35)29-12-11-18-5-3-4-6-19(18)28/h3-6,16-17,20-22,40H,7-15H2,1-2H3,(H,29,35)(H,30,36)(H,31,37)(H,32,38)(H,33,34)/t20-,21-,22-/m0/s1. The van der Waals surface area contributed by atoms with E-state index in [1.807, 2.05) is 32.0 Å². The van der Waals surface area contributed by atoms with Crippen molar-refractivity contribution < 1.29 is 33.8 Å². The van der Waals surface area contributed by atoms with Crippen LogP contribution < -0.4 is 21.3 Å². The topological polar surface area (TPSA) is 163 Å². The third kappa shape index (κ3) is 12.5. The predicted octanol–water partition coefficient (Wildman–Crippen LogP) is 2.31. The van der Waals surface area contributed by atoms with Gasteiger partial charge in [0, 0.05) is 23.7 Å². The summed E-state index contributed by atoms with van der Waals surface area (Å²) in [6, 6.07) is 4.13. The molecular formula is C27H39ClN4O7S. The molecule has 2 rings (SSSR count). The number of carbonyl (C=O) groups is 5. The number of thiol groups is 1. The molecule has 0 saturated heterocycles. The molecule has 11 nitrogen and oxygen atoms in total. The fourth-order valence-electron chi connectivity index (χ4n) is 3.76. The molecule has 222 valence electrons. The summed E-state index contributed by atoms with van der Waals surface area (Å²) in [5.74, 6) is -2.53. The number of rotatable bonds is 17. The Hall–Kier alpha value is -2.99. The predicted molar refractivity (Wildman–Crippen MR) is 153 cm³/mol. The maximum absolute atomic E-state index is 13.2. The van der Waals surface area contributed by atoms with Gasteiger partial charge in [-0.3, -0.25) is 19.2 Å². The van der Waals surface area contributed by atoms with Gasteiger partial charge in [-0.1, -0.05) is 56.5 Å². The Bertz CT molecular complexity index is 1040. The van der Waals surface area contributed by atoms with E-state index in [-0.39, 0.29) is 37.0 Å². The van der Waals surface area contributed by atoms with Crippen LogP contribution in [-0.4, -0.2) is 71.9 Å². The van der Waals surface area contributed by atoms with Crippen LogP contribution in [0.15, 0.2) is 24.3 Å². The first-order valence-corrected chi connectivity index (χ1v) is 14.4. The Morgan fingerprint density at radius 1 is 1.00 bits per heavy atom. The average Bonchev–Trinajstić information content (AvgIpc) is 3.72. The van der Waals surface area contributed by atoms with Crippen molar-refractivity contribution in [1.29, 1.82) is 0 Å². The van der Waals surface area contributed by atoms with Gasteiger partial charge in [-0.15, -0.1) is 0 Å². The second kappa shape index (κ2) is 17.0. The lowest BCUT2D eigenvalue weighted by atomic mass is 10.1. The molecule has 0 aromatic heterocycles. The number of alkyl carbamates (subject to hydrolysis) is 1. The van der Waals surface area contributed by atoms with Gasteiger partial charge < -0.3 is 31.1 Å². The average molecular weight is 599 g/mol. The second-order valence-electron chi connectivity index (χ2n) is 10.2. The van der Waals surface area contributed by atoms with Crippen LogP contribution in [-0.2, 0) is 30.3 Å². The van der Waals surface area contributed by atoms with Crippen LogP contribution in [0.1, 0.15) is 51.5 Å². The number of benzene rings is 1. The van der Waals surface area contributed by atoms with Crippen molar-refractivity contribution in [2.75, 3.05) is 18.9 Å². The number of ether oxygens (including phenoxy) is 1. The minimum Gasteiger partial charge on any atom is -0.481 e. The van der Waals surface area contributed by atoms with Crippen molar-refractivity contribution in [2.45, 2.75) is 70.5 Å². The van der Waals surface area contributed by atoms with Crippen molar-refractivity contribution in [2.24, 2.45) is 11.8 Å². The summed E-state index contributed by atoms with van der Waals surface area (Å²) in [5.41, 5.74) is 0.877. The molecule has 4 amide bonds. The zero-order valence-corrected chi connectivity index (χ0v) is 24.4. The van der Waals surface area contributed by atoms with Crippen molar-refractivity contribution >= 4 is 54.0 Å². The van der Waals surface area contributed by atoms with E-state index in [4.69, 9.17) is 21.4 Å². The molecule has 0 spiro atoms. The number of aliphatic carboxylic acids is 1. The van der Waals surface area contributed by atoms with Crippen LogP contribution in [0, 0.1) is 11.8 Å². The van der Waals surface area contributed by atoms with E-state index in [0.717, 1.165) is 18.4 Å². The summed E-state index contributed by atoms with van der Waals surface area (Å²) in [7, 11) is 0. The molecule has 1 aliphatic carbocycles. The van der Waals surface area contributed by atoms with E-state index in [1.165, 1.54) is 0 Å². The summed E-state index contributed by atoms with van der Waals surface area (Å²) < 4.78 is 5.06. The third-order valence-electron chi connectivity index (χ3n) is 6.17. The normalized spacial score (nSPS) is 14.9. The van der Waals surface area contributed by atoms with E-state index < -0.39 is 47.9 Å². The first-order valence-electron chi connectivity index (χ1n) is 13.4. The maximum atomic E-state index is 13.2. The molecule has 0 aliphatic heterocycles. The van der Waals surface area contributed by atoms with Gasteiger partial charge >= 0.3 is 12.1 Å². The summed E-state index contributed by atoms with van der Waals surface area (Å²) in [6.45, 7) is 4.12. The van der Waals surface area contributed by atoms with E-state index in [9.17, 15) is 24.0 Å². The zero-order chi connectivity index (χ0) is 29.7. The highest BCUT2D eigenvalue weighted by Crippen LogP contribution is 2.33. The van der Waals surface area contributed by atoms with Crippen molar-refractivity contribution in [1.82, 2.24) is 21.3 Å². The minimum absolute atomic E-state index is 0.0260. The fourth-order valence-corrected chi connectivity index (χ4v) is 4.25. The highest BCUT2D eigenvalue weighted by Gasteiger charge is 2.34. The Balaban J connectivity index is 2.00. The molecule has 0 bridgehead atoms. The summed E-state index contributed by atoms with van der Waals surface area (Å²) in [6.07, 6.45) is 1.23. The molecule has 0 heterocycles. The lowest BCUT2D eigenvalue weighted by molar-refractivity contribution is -0.137. The van der Waals surface area contributed by atoms with Crippen LogP contribution in [0.3, 0.4) is 0 Å². The Kier molecular flexibility index (Phi) is 14.1. The quantitative estimate of drug-likeness (QED) is 0.150. The number of hydrogen-bond donors (Lipinski definition) is 6. The molecule has 0 radical (unpaired) electrons. The molecule has 1 aromatic rings. The van der Waals surface area contributed by atoms with Crippen LogP contribution in [0.25, 0.3) is 0 Å². The fraction of sp³-hybridized carbons (Fsp3) is 0.593. The van der Waals surface area contributed by atoms with Gasteiger partial charge in [0.25, 0.3) is 0 Å². The molecule has 13 heteroatoms. The first-order chi connectivity index (χ1) is 19.0. The summed E-state index contributed by atoms with van der Waals surface area (Å²) in [4.78, 5) is 62.3. The molecule has 5 N–H and O–H groups in total. The molecule has 3 atom stereocenters. The highest BCUT2D eigenvalue weighted by atomic mass is 35.5. The third-order valence-corrected chi connectivity index (χ3v) is 6.90. The summed E-state index contributed by atoms with van der Waals surface area (Å²) in [5, 5.41) is 20.1. The van der Waals surface area contributed by atoms with Crippen molar-refractivity contribution in [3.8, 4) is 0 Å². The smallest absolute Gasteiger partial charge is 0.407 e. The van der Waals surface area contributed by atoms with E-state index in [2.05, 4.69) is 33.9 Å². The molecule has 1 aliphatic rings. The zero-order valence-electron chi connectivity index (χ0n) is 22.8. The number of carboxylic acid groups (broad SMARTS) is 1. The van der Waals surface area contributed by atoms with Gasteiger partial charge in [0.2, 0.25) is 17.7 Å². The Morgan fingerprint density at radius 2 is 1.65 bits per heavy atom. The largest absolute Gasteiger partial charge is 0.481 e. The van der Waals surface area contributed by atoms with Crippen molar-refractivity contribution in [3.05, 3.63) is 34.9 Å². The number of hydrogen-bond acceptors (Lipinski definition) is 7. The molecule has 1 aromatic carbocycles. The van der Waals surface area contributed by atoms with Gasteiger partial charge in [-0.2, -0.15) is 12.6 Å². The maximum Gasteiger partial charge on any atom is 0.407 e. The molecular weight excluding hydrogens is 560 g/mol. The van der Waals surface area contributed by atoms with E-state index >= 15 is 0 Å². The van der Waals surface area contributed by atoms with E-state index in [0.29, 0.717) is 24.4 Å². The monoisotopic (exact) mass is 598 g/mol. The Labute approximate surface area is 244 Å². The number of carboxylic acids is 1. The van der Waals surface area contributed by atoms with Crippen LogP contribution >= 0.6 is 24.2 Å².